The molecular formula is C10H13ClF3NO. The molecule has 16 heavy (non-hydrogen) atoms. The van der Waals surface area contributed by atoms with Crippen LogP contribution in [0.5, 0.6) is 0 Å². The summed E-state index contributed by atoms with van der Waals surface area (Å²) in [5, 5.41) is 9.68. The standard InChI is InChI=1S/C10H13ClF3NO/c1-6(7(2)11)9(16)15-5-3-4-8(15)10(12,13)14/h8-9,16H,1-5H2. The largest absolute Gasteiger partial charge is 0.404 e. The van der Waals surface area contributed by atoms with E-state index in [1.165, 1.54) is 0 Å². The minimum Gasteiger partial charge on any atom is -0.374 e. The van der Waals surface area contributed by atoms with Gasteiger partial charge in [-0.1, -0.05) is 24.8 Å². The van der Waals surface area contributed by atoms with Crippen LogP contribution in [0.4, 0.5) is 13.2 Å². The maximum absolute atomic E-state index is 12.6. The number of nitrogens with zero attached hydrogens (tertiary/aromatic N) is 1. The summed E-state index contributed by atoms with van der Waals surface area (Å²) in [6, 6.07) is -1.63. The van der Waals surface area contributed by atoms with Gasteiger partial charge in [0.15, 0.2) is 0 Å². The van der Waals surface area contributed by atoms with Crippen LogP contribution in [-0.2, 0) is 0 Å². The van der Waals surface area contributed by atoms with Gasteiger partial charge in [0.2, 0.25) is 0 Å². The van der Waals surface area contributed by atoms with Gasteiger partial charge >= 0.3 is 6.18 Å². The molecule has 92 valence electrons. The first kappa shape index (κ1) is 13.5. The molecule has 1 fully saturated rings. The molecule has 1 aliphatic rings. The fourth-order valence-corrected chi connectivity index (χ4v) is 1.87. The molecule has 0 aliphatic carbocycles. The quantitative estimate of drug-likeness (QED) is 0.784. The fourth-order valence-electron chi connectivity index (χ4n) is 1.77. The lowest BCUT2D eigenvalue weighted by Gasteiger charge is -2.31. The third-order valence-corrected chi connectivity index (χ3v) is 2.89. The Morgan fingerprint density at radius 2 is 2.00 bits per heavy atom. The van der Waals surface area contributed by atoms with Crippen LogP contribution < -0.4 is 0 Å². The van der Waals surface area contributed by atoms with E-state index in [1.807, 2.05) is 0 Å². The van der Waals surface area contributed by atoms with Crippen LogP contribution >= 0.6 is 11.6 Å². The summed E-state index contributed by atoms with van der Waals surface area (Å²) in [5.74, 6) is 0. The smallest absolute Gasteiger partial charge is 0.374 e. The minimum absolute atomic E-state index is 0.0113. The van der Waals surface area contributed by atoms with Crippen molar-refractivity contribution < 1.29 is 18.3 Å². The highest BCUT2D eigenvalue weighted by atomic mass is 35.5. The molecule has 0 aromatic rings. The summed E-state index contributed by atoms with van der Waals surface area (Å²) in [5.41, 5.74) is 0.0119. The zero-order valence-electron chi connectivity index (χ0n) is 8.60. The van der Waals surface area contributed by atoms with E-state index < -0.39 is 18.4 Å². The number of hydrogen-bond acceptors (Lipinski definition) is 2. The summed E-state index contributed by atoms with van der Waals surface area (Å²) < 4.78 is 37.8. The SMILES string of the molecule is C=C(Cl)C(=C)C(O)N1CCCC1C(F)(F)F. The zero-order valence-corrected chi connectivity index (χ0v) is 9.35. The van der Waals surface area contributed by atoms with Gasteiger partial charge in [-0.15, -0.1) is 0 Å². The van der Waals surface area contributed by atoms with Crippen molar-refractivity contribution in [3.8, 4) is 0 Å². The zero-order chi connectivity index (χ0) is 12.5. The second-order valence-corrected chi connectivity index (χ2v) is 4.20. The van der Waals surface area contributed by atoms with Crippen LogP contribution in [0.25, 0.3) is 0 Å². The molecule has 1 rings (SSSR count). The molecule has 0 bridgehead atoms. The molecule has 1 heterocycles. The Labute approximate surface area is 97.0 Å². The average Bonchev–Trinajstić information content (AvgIpc) is 2.62. The Kier molecular flexibility index (Phi) is 4.04. The van der Waals surface area contributed by atoms with Crippen molar-refractivity contribution >= 4 is 11.6 Å². The van der Waals surface area contributed by atoms with Crippen LogP contribution in [0.15, 0.2) is 23.8 Å². The molecule has 0 radical (unpaired) electrons. The van der Waals surface area contributed by atoms with Crippen molar-refractivity contribution in [2.45, 2.75) is 31.3 Å². The molecule has 2 unspecified atom stereocenters. The third-order valence-electron chi connectivity index (χ3n) is 2.65. The van der Waals surface area contributed by atoms with E-state index in [9.17, 15) is 18.3 Å². The second-order valence-electron chi connectivity index (χ2n) is 3.74. The first-order chi connectivity index (χ1) is 7.25. The maximum Gasteiger partial charge on any atom is 0.404 e. The Bertz CT molecular complexity index is 303. The summed E-state index contributed by atoms with van der Waals surface area (Å²) in [6.45, 7) is 6.93. The molecule has 0 saturated carbocycles. The van der Waals surface area contributed by atoms with E-state index in [4.69, 9.17) is 11.6 Å². The topological polar surface area (TPSA) is 23.5 Å². The number of likely N-dealkylation sites (tertiary alicyclic amines) is 1. The lowest BCUT2D eigenvalue weighted by Crippen LogP contribution is -2.47. The molecule has 6 heteroatoms. The van der Waals surface area contributed by atoms with Gasteiger partial charge < -0.3 is 5.11 Å². The molecule has 2 atom stereocenters. The van der Waals surface area contributed by atoms with Crippen molar-refractivity contribution in [1.29, 1.82) is 0 Å². The van der Waals surface area contributed by atoms with E-state index in [0.29, 0.717) is 6.42 Å². The van der Waals surface area contributed by atoms with E-state index in [2.05, 4.69) is 13.2 Å². The molecule has 0 spiro atoms. The van der Waals surface area contributed by atoms with Gasteiger partial charge in [-0.2, -0.15) is 13.2 Å². The molecular weight excluding hydrogens is 243 g/mol. The number of hydrogen-bond donors (Lipinski definition) is 1. The van der Waals surface area contributed by atoms with Crippen molar-refractivity contribution in [2.24, 2.45) is 0 Å². The van der Waals surface area contributed by atoms with E-state index >= 15 is 0 Å². The summed E-state index contributed by atoms with van der Waals surface area (Å²) >= 11 is 5.50. The average molecular weight is 256 g/mol. The monoisotopic (exact) mass is 255 g/mol. The van der Waals surface area contributed by atoms with Crippen LogP contribution in [0, 0.1) is 0 Å². The van der Waals surface area contributed by atoms with Gasteiger partial charge in [-0.25, -0.2) is 0 Å². The highest BCUT2D eigenvalue weighted by Crippen LogP contribution is 2.35. The van der Waals surface area contributed by atoms with Crippen LogP contribution in [0.2, 0.25) is 0 Å². The molecule has 0 amide bonds. The number of halogens is 4. The Morgan fingerprint density at radius 3 is 2.44 bits per heavy atom. The number of alkyl halides is 3. The van der Waals surface area contributed by atoms with Gasteiger partial charge in [0.25, 0.3) is 0 Å². The van der Waals surface area contributed by atoms with Gasteiger partial charge in [-0.05, 0) is 12.8 Å². The van der Waals surface area contributed by atoms with Crippen LogP contribution in [0.1, 0.15) is 12.8 Å². The van der Waals surface area contributed by atoms with Gasteiger partial charge in [-0.3, -0.25) is 4.90 Å². The van der Waals surface area contributed by atoms with Crippen LogP contribution in [-0.4, -0.2) is 35.0 Å². The normalized spacial score (nSPS) is 24.4. The summed E-state index contributed by atoms with van der Waals surface area (Å²) in [4.78, 5) is 0.954. The number of aliphatic hydroxyl groups is 1. The van der Waals surface area contributed by atoms with E-state index in [-0.39, 0.29) is 23.6 Å². The van der Waals surface area contributed by atoms with Crippen LogP contribution in [0.3, 0.4) is 0 Å². The van der Waals surface area contributed by atoms with Gasteiger partial charge in [0.05, 0.1) is 0 Å². The van der Waals surface area contributed by atoms with Gasteiger partial charge in [0, 0.05) is 17.2 Å². The highest BCUT2D eigenvalue weighted by Gasteiger charge is 2.48. The van der Waals surface area contributed by atoms with Gasteiger partial charge in [0.1, 0.15) is 12.3 Å². The van der Waals surface area contributed by atoms with Crippen molar-refractivity contribution in [1.82, 2.24) is 4.90 Å². The maximum atomic E-state index is 12.6. The number of rotatable bonds is 3. The molecule has 2 nitrogen and oxygen atoms in total. The Hall–Kier alpha value is -0.520. The number of aliphatic hydroxyl groups excluding tert-OH is 1. The first-order valence-electron chi connectivity index (χ1n) is 4.79. The van der Waals surface area contributed by atoms with E-state index in [0.717, 1.165) is 4.90 Å². The van der Waals surface area contributed by atoms with E-state index in [1.54, 1.807) is 0 Å². The molecule has 1 N–H and O–H groups in total. The predicted octanol–water partition coefficient (Wildman–Crippen LogP) is 2.64. The van der Waals surface area contributed by atoms with Crippen molar-refractivity contribution in [3.63, 3.8) is 0 Å². The Morgan fingerprint density at radius 1 is 1.44 bits per heavy atom. The van der Waals surface area contributed by atoms with Crippen molar-refractivity contribution in [3.05, 3.63) is 23.8 Å². The fraction of sp³-hybridized carbons (Fsp3) is 0.600. The van der Waals surface area contributed by atoms with Crippen molar-refractivity contribution in [2.75, 3.05) is 6.54 Å². The second kappa shape index (κ2) is 4.77. The minimum atomic E-state index is -4.34. The molecule has 0 aromatic heterocycles. The third kappa shape index (κ3) is 2.78. The molecule has 1 aliphatic heterocycles. The summed E-state index contributed by atoms with van der Waals surface area (Å²) in [7, 11) is 0. The Balaban J connectivity index is 2.79. The first-order valence-corrected chi connectivity index (χ1v) is 5.17. The lowest BCUT2D eigenvalue weighted by molar-refractivity contribution is -0.191. The molecule has 1 saturated heterocycles. The lowest BCUT2D eigenvalue weighted by atomic mass is 10.2. The molecule has 0 aromatic carbocycles. The predicted molar refractivity (Wildman–Crippen MR) is 55.9 cm³/mol. The highest BCUT2D eigenvalue weighted by molar-refractivity contribution is 6.31. The summed E-state index contributed by atoms with van der Waals surface area (Å²) in [6.07, 6.45) is -5.38.